The zero-order chi connectivity index (χ0) is 17.7. The Balaban J connectivity index is 2.38. The number of aliphatic hydroxyl groups is 1. The minimum absolute atomic E-state index is 0.210. The van der Waals surface area contributed by atoms with E-state index >= 15 is 0 Å². The Morgan fingerprint density at radius 1 is 0.958 bits per heavy atom. The van der Waals surface area contributed by atoms with E-state index in [2.05, 4.69) is 4.74 Å². The van der Waals surface area contributed by atoms with Crippen LogP contribution in [-0.4, -0.2) is 24.5 Å². The molecule has 0 aliphatic rings. The third-order valence-corrected chi connectivity index (χ3v) is 2.98. The molecular formula is C16H13F5O3. The first kappa shape index (κ1) is 18.0. The molecule has 0 spiro atoms. The summed E-state index contributed by atoms with van der Waals surface area (Å²) in [6.07, 6.45) is -7.81. The second kappa shape index (κ2) is 7.48. The number of hydrogen-bond acceptors (Lipinski definition) is 3. The summed E-state index contributed by atoms with van der Waals surface area (Å²) < 4.78 is 70.3. The molecule has 0 aliphatic carbocycles. The van der Waals surface area contributed by atoms with E-state index in [4.69, 9.17) is 9.84 Å². The summed E-state index contributed by atoms with van der Waals surface area (Å²) in [4.78, 5) is 0. The van der Waals surface area contributed by atoms with E-state index in [-0.39, 0.29) is 6.61 Å². The first-order chi connectivity index (χ1) is 11.3. The summed E-state index contributed by atoms with van der Waals surface area (Å²) >= 11 is 0. The summed E-state index contributed by atoms with van der Waals surface area (Å²) in [6, 6.07) is 10.1. The minimum Gasteiger partial charge on any atom is -0.484 e. The third-order valence-electron chi connectivity index (χ3n) is 2.98. The normalized spacial score (nSPS) is 11.6. The van der Waals surface area contributed by atoms with Crippen molar-refractivity contribution < 1.29 is 36.5 Å². The lowest BCUT2D eigenvalue weighted by atomic mass is 10.0. The van der Waals surface area contributed by atoms with Gasteiger partial charge in [-0.05, 0) is 34.9 Å². The Bertz CT molecular complexity index is 686. The van der Waals surface area contributed by atoms with Gasteiger partial charge in [-0.25, -0.2) is 8.78 Å². The molecule has 8 heteroatoms. The van der Waals surface area contributed by atoms with Gasteiger partial charge in [-0.3, -0.25) is 0 Å². The van der Waals surface area contributed by atoms with Crippen LogP contribution in [0, 0.1) is 0 Å². The van der Waals surface area contributed by atoms with E-state index in [0.29, 0.717) is 16.7 Å². The van der Waals surface area contributed by atoms with Crippen LogP contribution in [0.15, 0.2) is 42.5 Å². The molecule has 2 aromatic rings. The van der Waals surface area contributed by atoms with E-state index in [1.807, 2.05) is 0 Å². The molecule has 0 amide bonds. The van der Waals surface area contributed by atoms with Crippen LogP contribution in [-0.2, 0) is 6.61 Å². The molecule has 3 nitrogen and oxygen atoms in total. The molecule has 0 fully saturated rings. The molecule has 0 saturated carbocycles. The van der Waals surface area contributed by atoms with E-state index in [9.17, 15) is 22.0 Å². The number of benzene rings is 2. The lowest BCUT2D eigenvalue weighted by molar-refractivity contribution is -0.275. The molecular weight excluding hydrogens is 335 g/mol. The second-order valence-electron chi connectivity index (χ2n) is 4.77. The predicted molar refractivity (Wildman–Crippen MR) is 76.0 cm³/mol. The van der Waals surface area contributed by atoms with Crippen molar-refractivity contribution in [2.24, 2.45) is 0 Å². The predicted octanol–water partition coefficient (Wildman–Crippen LogP) is 4.39. The lowest BCUT2D eigenvalue weighted by Crippen LogP contribution is -2.18. The van der Waals surface area contributed by atoms with Gasteiger partial charge in [0.1, 0.15) is 6.61 Å². The van der Waals surface area contributed by atoms with Crippen LogP contribution in [0.2, 0.25) is 0 Å². The van der Waals surface area contributed by atoms with Crippen molar-refractivity contribution in [1.29, 1.82) is 0 Å². The van der Waals surface area contributed by atoms with Crippen LogP contribution in [0.25, 0.3) is 11.1 Å². The summed E-state index contributed by atoms with van der Waals surface area (Å²) in [6.45, 7) is -1.27. The van der Waals surface area contributed by atoms with Gasteiger partial charge in [-0.15, -0.1) is 13.2 Å². The summed E-state index contributed by atoms with van der Waals surface area (Å²) in [5, 5.41) is 9.13. The molecule has 0 aromatic heterocycles. The fourth-order valence-electron chi connectivity index (χ4n) is 2.01. The Morgan fingerprint density at radius 3 is 2.29 bits per heavy atom. The van der Waals surface area contributed by atoms with E-state index in [0.717, 1.165) is 6.07 Å². The molecule has 1 N–H and O–H groups in total. The van der Waals surface area contributed by atoms with Crippen LogP contribution in [0.1, 0.15) is 5.56 Å². The van der Waals surface area contributed by atoms with Gasteiger partial charge in [0.05, 0.1) is 6.61 Å². The highest BCUT2D eigenvalue weighted by Crippen LogP contribution is 2.36. The molecule has 0 radical (unpaired) electrons. The maximum atomic E-state index is 12.4. The molecule has 0 heterocycles. The largest absolute Gasteiger partial charge is 0.573 e. The van der Waals surface area contributed by atoms with Crippen molar-refractivity contribution in [3.8, 4) is 22.6 Å². The Morgan fingerprint density at radius 2 is 1.67 bits per heavy atom. The number of aliphatic hydroxyl groups excluding tert-OH is 1. The standard InChI is InChI=1S/C16H13F5O3/c17-15(18)9-23-14-7-12(4-5-13(14)24-16(19,20)21)11-3-1-2-10(6-11)8-22/h1-7,15,22H,8-9H2. The summed E-state index contributed by atoms with van der Waals surface area (Å²) in [7, 11) is 0. The Kier molecular flexibility index (Phi) is 5.61. The third kappa shape index (κ3) is 5.09. The summed E-state index contributed by atoms with van der Waals surface area (Å²) in [5.74, 6) is -1.15. The number of halogens is 5. The van der Waals surface area contributed by atoms with E-state index < -0.39 is 30.9 Å². The summed E-state index contributed by atoms with van der Waals surface area (Å²) in [5.41, 5.74) is 1.62. The quantitative estimate of drug-likeness (QED) is 0.787. The molecule has 24 heavy (non-hydrogen) atoms. The van der Waals surface area contributed by atoms with Crippen molar-refractivity contribution in [3.05, 3.63) is 48.0 Å². The fraction of sp³-hybridized carbons (Fsp3) is 0.250. The Labute approximate surface area is 134 Å². The molecule has 0 atom stereocenters. The average molecular weight is 348 g/mol. The van der Waals surface area contributed by atoms with E-state index in [1.54, 1.807) is 24.3 Å². The molecule has 0 aliphatic heterocycles. The van der Waals surface area contributed by atoms with Crippen molar-refractivity contribution in [1.82, 2.24) is 0 Å². The SMILES string of the molecule is OCc1cccc(-c2ccc(OC(F)(F)F)c(OCC(F)F)c2)c1. The van der Waals surface area contributed by atoms with Crippen LogP contribution >= 0.6 is 0 Å². The number of hydrogen-bond donors (Lipinski definition) is 1. The van der Waals surface area contributed by atoms with E-state index in [1.165, 1.54) is 12.1 Å². The van der Waals surface area contributed by atoms with Crippen molar-refractivity contribution in [2.75, 3.05) is 6.61 Å². The molecule has 130 valence electrons. The van der Waals surface area contributed by atoms with Gasteiger partial charge in [-0.2, -0.15) is 0 Å². The minimum atomic E-state index is -4.97. The zero-order valence-electron chi connectivity index (χ0n) is 12.2. The van der Waals surface area contributed by atoms with Gasteiger partial charge < -0.3 is 14.6 Å². The second-order valence-corrected chi connectivity index (χ2v) is 4.77. The lowest BCUT2D eigenvalue weighted by Gasteiger charge is -2.15. The van der Waals surface area contributed by atoms with Crippen molar-refractivity contribution in [3.63, 3.8) is 0 Å². The fourth-order valence-corrected chi connectivity index (χ4v) is 2.01. The van der Waals surface area contributed by atoms with Gasteiger partial charge >= 0.3 is 6.36 Å². The average Bonchev–Trinajstić information content (AvgIpc) is 2.52. The van der Waals surface area contributed by atoms with Gasteiger partial charge in [0, 0.05) is 0 Å². The first-order valence-corrected chi connectivity index (χ1v) is 6.79. The van der Waals surface area contributed by atoms with Gasteiger partial charge in [-0.1, -0.05) is 24.3 Å². The van der Waals surface area contributed by atoms with Crippen LogP contribution < -0.4 is 9.47 Å². The van der Waals surface area contributed by atoms with Gasteiger partial charge in [0.2, 0.25) is 0 Å². The number of alkyl halides is 5. The molecule has 0 bridgehead atoms. The highest BCUT2D eigenvalue weighted by molar-refractivity contribution is 5.67. The highest BCUT2D eigenvalue weighted by atomic mass is 19.4. The zero-order valence-corrected chi connectivity index (χ0v) is 12.2. The van der Waals surface area contributed by atoms with Crippen molar-refractivity contribution in [2.45, 2.75) is 19.4 Å². The Hall–Kier alpha value is -2.35. The van der Waals surface area contributed by atoms with Crippen LogP contribution in [0.5, 0.6) is 11.5 Å². The molecule has 2 rings (SSSR count). The van der Waals surface area contributed by atoms with Gasteiger partial charge in [0.15, 0.2) is 11.5 Å². The number of rotatable bonds is 6. The van der Waals surface area contributed by atoms with Gasteiger partial charge in [0.25, 0.3) is 6.43 Å². The highest BCUT2D eigenvalue weighted by Gasteiger charge is 2.32. The molecule has 0 saturated heterocycles. The topological polar surface area (TPSA) is 38.7 Å². The molecule has 0 unspecified atom stereocenters. The maximum absolute atomic E-state index is 12.4. The monoisotopic (exact) mass is 348 g/mol. The number of ether oxygens (including phenoxy) is 2. The van der Waals surface area contributed by atoms with Crippen molar-refractivity contribution >= 4 is 0 Å². The molecule has 2 aromatic carbocycles. The van der Waals surface area contributed by atoms with Crippen LogP contribution in [0.4, 0.5) is 22.0 Å². The maximum Gasteiger partial charge on any atom is 0.573 e. The van der Waals surface area contributed by atoms with Crippen LogP contribution in [0.3, 0.4) is 0 Å². The smallest absolute Gasteiger partial charge is 0.484 e. The first-order valence-electron chi connectivity index (χ1n) is 6.79.